The van der Waals surface area contributed by atoms with Gasteiger partial charge >= 0.3 is 0 Å². The Morgan fingerprint density at radius 1 is 1.32 bits per heavy atom. The maximum absolute atomic E-state index is 12.7. The zero-order valence-electron chi connectivity index (χ0n) is 16.3. The monoisotopic (exact) mass is 377 g/mol. The number of rotatable bonds is 4. The van der Waals surface area contributed by atoms with Crippen molar-refractivity contribution in [3.63, 3.8) is 0 Å². The van der Waals surface area contributed by atoms with Gasteiger partial charge in [0.2, 0.25) is 5.76 Å². The number of hydrogen-bond donors (Lipinski definition) is 1. The number of aryl methyl sites for hydroxylation is 1. The summed E-state index contributed by atoms with van der Waals surface area (Å²) in [5.74, 6) is 0.641. The van der Waals surface area contributed by atoms with Gasteiger partial charge in [-0.25, -0.2) is 9.97 Å². The van der Waals surface area contributed by atoms with Crippen molar-refractivity contribution >= 4 is 5.91 Å². The highest BCUT2D eigenvalue weighted by Crippen LogP contribution is 2.40. The number of nitrogens with zero attached hydrogens (tertiary/aromatic N) is 4. The van der Waals surface area contributed by atoms with Crippen LogP contribution in [0.1, 0.15) is 60.7 Å². The largest absolute Gasteiger partial charge is 0.351 e. The van der Waals surface area contributed by atoms with E-state index in [0.717, 1.165) is 41.8 Å². The summed E-state index contributed by atoms with van der Waals surface area (Å²) < 4.78 is 5.18. The summed E-state index contributed by atoms with van der Waals surface area (Å²) in [5.41, 5.74) is 3.62. The molecule has 144 valence electrons. The van der Waals surface area contributed by atoms with Crippen molar-refractivity contribution < 1.29 is 9.32 Å². The van der Waals surface area contributed by atoms with Gasteiger partial charge in [0.15, 0.2) is 5.82 Å². The van der Waals surface area contributed by atoms with Crippen molar-refractivity contribution in [2.75, 3.05) is 0 Å². The SMILES string of the molecule is CCc1cc(C(=O)NC2CC(C)(C)Cc3nc(-c4ccncc4)ncc32)on1. The van der Waals surface area contributed by atoms with Crippen molar-refractivity contribution in [1.82, 2.24) is 25.4 Å². The minimum atomic E-state index is -0.265. The molecule has 0 spiro atoms. The van der Waals surface area contributed by atoms with E-state index >= 15 is 0 Å². The lowest BCUT2D eigenvalue weighted by Gasteiger charge is -2.36. The van der Waals surface area contributed by atoms with Crippen LogP contribution < -0.4 is 5.32 Å². The van der Waals surface area contributed by atoms with Crippen LogP contribution in [0.5, 0.6) is 0 Å². The van der Waals surface area contributed by atoms with Gasteiger partial charge < -0.3 is 9.84 Å². The fraction of sp³-hybridized carbons (Fsp3) is 0.381. The first-order chi connectivity index (χ1) is 13.4. The summed E-state index contributed by atoms with van der Waals surface area (Å²) in [5, 5.41) is 6.98. The summed E-state index contributed by atoms with van der Waals surface area (Å²) in [6, 6.07) is 5.30. The number of carbonyl (C=O) groups is 1. The fourth-order valence-corrected chi connectivity index (χ4v) is 3.63. The zero-order chi connectivity index (χ0) is 19.7. The van der Waals surface area contributed by atoms with Crippen molar-refractivity contribution in [3.05, 3.63) is 59.5 Å². The fourth-order valence-electron chi connectivity index (χ4n) is 3.63. The van der Waals surface area contributed by atoms with Crippen LogP contribution in [-0.2, 0) is 12.8 Å². The first kappa shape index (κ1) is 18.3. The van der Waals surface area contributed by atoms with Gasteiger partial charge in [0, 0.05) is 35.8 Å². The Morgan fingerprint density at radius 2 is 2.11 bits per heavy atom. The first-order valence-corrected chi connectivity index (χ1v) is 9.48. The quantitative estimate of drug-likeness (QED) is 0.747. The number of hydrogen-bond acceptors (Lipinski definition) is 6. The molecule has 1 unspecified atom stereocenters. The van der Waals surface area contributed by atoms with Gasteiger partial charge in [-0.1, -0.05) is 25.9 Å². The van der Waals surface area contributed by atoms with E-state index in [1.165, 1.54) is 0 Å². The predicted octanol–water partition coefficient (Wildman–Crippen LogP) is 3.53. The van der Waals surface area contributed by atoms with Crippen LogP contribution in [0.25, 0.3) is 11.4 Å². The Morgan fingerprint density at radius 3 is 2.82 bits per heavy atom. The molecule has 0 aromatic carbocycles. The Hall–Kier alpha value is -3.09. The van der Waals surface area contributed by atoms with Crippen LogP contribution in [0.3, 0.4) is 0 Å². The van der Waals surface area contributed by atoms with Crippen LogP contribution in [0, 0.1) is 5.41 Å². The maximum Gasteiger partial charge on any atom is 0.290 e. The molecule has 1 aliphatic carbocycles. The zero-order valence-corrected chi connectivity index (χ0v) is 16.3. The highest BCUT2D eigenvalue weighted by molar-refractivity contribution is 5.91. The van der Waals surface area contributed by atoms with Gasteiger partial charge in [-0.05, 0) is 36.8 Å². The molecule has 0 radical (unpaired) electrons. The lowest BCUT2D eigenvalue weighted by atomic mass is 9.74. The first-order valence-electron chi connectivity index (χ1n) is 9.48. The summed E-state index contributed by atoms with van der Waals surface area (Å²) in [6.07, 6.45) is 7.65. The summed E-state index contributed by atoms with van der Waals surface area (Å²) in [7, 11) is 0. The normalized spacial score (nSPS) is 17.8. The Balaban J connectivity index is 1.63. The van der Waals surface area contributed by atoms with Crippen LogP contribution >= 0.6 is 0 Å². The van der Waals surface area contributed by atoms with Gasteiger partial charge in [-0.2, -0.15) is 0 Å². The van der Waals surface area contributed by atoms with Gasteiger partial charge in [-0.15, -0.1) is 0 Å². The molecule has 0 bridgehead atoms. The van der Waals surface area contributed by atoms with E-state index in [1.807, 2.05) is 25.3 Å². The summed E-state index contributed by atoms with van der Waals surface area (Å²) in [6.45, 7) is 6.34. The molecule has 7 heteroatoms. The second kappa shape index (κ2) is 7.14. The Bertz CT molecular complexity index is 997. The molecule has 0 aliphatic heterocycles. The lowest BCUT2D eigenvalue weighted by molar-refractivity contribution is 0.0881. The molecule has 3 aromatic heterocycles. The van der Waals surface area contributed by atoms with Crippen LogP contribution in [0.2, 0.25) is 0 Å². The van der Waals surface area contributed by atoms with E-state index in [4.69, 9.17) is 9.51 Å². The topological polar surface area (TPSA) is 93.8 Å². The van der Waals surface area contributed by atoms with Gasteiger partial charge in [0.25, 0.3) is 5.91 Å². The third kappa shape index (κ3) is 3.65. The lowest BCUT2D eigenvalue weighted by Crippen LogP contribution is -2.37. The molecule has 0 fully saturated rings. The van der Waals surface area contributed by atoms with E-state index in [1.54, 1.807) is 18.5 Å². The molecule has 3 heterocycles. The third-order valence-corrected chi connectivity index (χ3v) is 5.07. The van der Waals surface area contributed by atoms with E-state index < -0.39 is 0 Å². The molecule has 0 saturated heterocycles. The van der Waals surface area contributed by atoms with E-state index in [2.05, 4.69) is 34.3 Å². The minimum absolute atomic E-state index is 0.00477. The van der Waals surface area contributed by atoms with Crippen molar-refractivity contribution in [1.29, 1.82) is 0 Å². The van der Waals surface area contributed by atoms with Gasteiger partial charge in [0.1, 0.15) is 0 Å². The highest BCUT2D eigenvalue weighted by Gasteiger charge is 2.35. The predicted molar refractivity (Wildman–Crippen MR) is 103 cm³/mol. The van der Waals surface area contributed by atoms with Crippen molar-refractivity contribution in [3.8, 4) is 11.4 Å². The number of pyridine rings is 1. The molecule has 1 amide bonds. The van der Waals surface area contributed by atoms with E-state index in [-0.39, 0.29) is 23.1 Å². The molecule has 28 heavy (non-hydrogen) atoms. The molecule has 1 N–H and O–H groups in total. The standard InChI is InChI=1S/C21H23N5O2/c1-4-14-9-18(28-26-14)20(27)25-17-11-21(2,3)10-16-15(17)12-23-19(24-16)13-5-7-22-8-6-13/h5-9,12,17H,4,10-11H2,1-3H3,(H,25,27). The second-order valence-corrected chi connectivity index (χ2v) is 7.94. The van der Waals surface area contributed by atoms with Crippen molar-refractivity contribution in [2.24, 2.45) is 5.41 Å². The van der Waals surface area contributed by atoms with Crippen LogP contribution in [0.15, 0.2) is 41.3 Å². The Kier molecular flexibility index (Phi) is 4.66. The molecular formula is C21H23N5O2. The molecular weight excluding hydrogens is 354 g/mol. The molecule has 1 atom stereocenters. The van der Waals surface area contributed by atoms with Crippen LogP contribution in [0.4, 0.5) is 0 Å². The van der Waals surface area contributed by atoms with E-state index in [9.17, 15) is 4.79 Å². The average molecular weight is 377 g/mol. The number of fused-ring (bicyclic) bond motifs is 1. The average Bonchev–Trinajstić information content (AvgIpc) is 3.17. The summed E-state index contributed by atoms with van der Waals surface area (Å²) in [4.78, 5) is 26.0. The molecule has 0 saturated carbocycles. The number of nitrogens with one attached hydrogen (secondary N) is 1. The summed E-state index contributed by atoms with van der Waals surface area (Å²) >= 11 is 0. The molecule has 3 aromatic rings. The molecule has 7 nitrogen and oxygen atoms in total. The smallest absolute Gasteiger partial charge is 0.290 e. The molecule has 1 aliphatic rings. The number of amides is 1. The van der Waals surface area contributed by atoms with Gasteiger partial charge in [-0.3, -0.25) is 9.78 Å². The van der Waals surface area contributed by atoms with Crippen molar-refractivity contribution in [2.45, 2.75) is 46.1 Å². The number of carbonyl (C=O) groups excluding carboxylic acids is 1. The third-order valence-electron chi connectivity index (χ3n) is 5.07. The minimum Gasteiger partial charge on any atom is -0.351 e. The van der Waals surface area contributed by atoms with Crippen LogP contribution in [-0.4, -0.2) is 26.0 Å². The Labute approximate surface area is 163 Å². The highest BCUT2D eigenvalue weighted by atomic mass is 16.5. The molecule has 4 rings (SSSR count). The van der Waals surface area contributed by atoms with Gasteiger partial charge in [0.05, 0.1) is 17.4 Å². The number of aromatic nitrogens is 4. The maximum atomic E-state index is 12.7. The van der Waals surface area contributed by atoms with E-state index in [0.29, 0.717) is 5.82 Å². The second-order valence-electron chi connectivity index (χ2n) is 7.94.